The minimum Gasteiger partial charge on any atom is -0.503 e. The molecule has 13 heteroatoms. The van der Waals surface area contributed by atoms with Crippen molar-refractivity contribution in [3.8, 4) is 11.5 Å². The van der Waals surface area contributed by atoms with Gasteiger partial charge in [-0.25, -0.2) is 0 Å². The smallest absolute Gasteiger partial charge is 0.253 e. The molecule has 2 aromatic rings. The predicted molar refractivity (Wildman–Crippen MR) is 159 cm³/mol. The van der Waals surface area contributed by atoms with Crippen molar-refractivity contribution in [3.63, 3.8) is 0 Å². The first kappa shape index (κ1) is 29.0. The highest BCUT2D eigenvalue weighted by molar-refractivity contribution is 9.13. The number of hydrogen-bond donors (Lipinski definition) is 1. The van der Waals surface area contributed by atoms with Gasteiger partial charge in [-0.05, 0) is 86.5 Å². The second-order valence-electron chi connectivity index (χ2n) is 10.6. The number of carbonyl (C=O) groups is 4. The molecule has 41 heavy (non-hydrogen) atoms. The van der Waals surface area contributed by atoms with Gasteiger partial charge in [0.2, 0.25) is 11.8 Å². The van der Waals surface area contributed by atoms with Gasteiger partial charge in [0.1, 0.15) is 0 Å². The normalized spacial score (nSPS) is 32.6. The quantitative estimate of drug-likeness (QED) is 0.243. The summed E-state index contributed by atoms with van der Waals surface area (Å²) in [6.07, 6.45) is 1.93. The van der Waals surface area contributed by atoms with Gasteiger partial charge in [-0.2, -0.15) is 0 Å². The lowest BCUT2D eigenvalue weighted by molar-refractivity contribution is -0.138. The van der Waals surface area contributed by atoms with E-state index in [1.807, 2.05) is 6.08 Å². The minimum atomic E-state index is -1.97. The summed E-state index contributed by atoms with van der Waals surface area (Å²) in [5, 5.41) is 11.1. The number of imide groups is 2. The molecule has 2 aliphatic heterocycles. The SMILES string of the molecule is COc1cc(C2C3=CCC4C(=O)N(c5ccc(Cl)cc5)C(=O)C4C3CC3(Cl)C(=O)N(C)C(=O)C23Cl)c(Br)c(Br)c1O. The van der Waals surface area contributed by atoms with Crippen molar-refractivity contribution < 1.29 is 29.0 Å². The first-order valence-corrected chi connectivity index (χ1v) is 15.3. The number of phenolic OH excluding ortho intramolecular Hbond substituents is 1. The van der Waals surface area contributed by atoms with Crippen LogP contribution in [0.15, 0.2) is 50.9 Å². The zero-order valence-electron chi connectivity index (χ0n) is 21.5. The first-order valence-electron chi connectivity index (χ1n) is 12.6. The van der Waals surface area contributed by atoms with Gasteiger partial charge in [-0.3, -0.25) is 29.0 Å². The van der Waals surface area contributed by atoms with Crippen LogP contribution < -0.4 is 9.64 Å². The topological polar surface area (TPSA) is 104 Å². The number of amides is 4. The van der Waals surface area contributed by atoms with E-state index in [9.17, 15) is 24.3 Å². The summed E-state index contributed by atoms with van der Waals surface area (Å²) < 4.78 is 6.00. The highest BCUT2D eigenvalue weighted by Crippen LogP contribution is 2.66. The molecule has 2 aromatic carbocycles. The molecule has 6 unspecified atom stereocenters. The highest BCUT2D eigenvalue weighted by atomic mass is 79.9. The van der Waals surface area contributed by atoms with E-state index in [1.54, 1.807) is 24.3 Å². The van der Waals surface area contributed by atoms with Crippen LogP contribution in [-0.2, 0) is 19.2 Å². The molecule has 6 rings (SSSR count). The summed E-state index contributed by atoms with van der Waals surface area (Å²) in [6.45, 7) is 0. The Morgan fingerprint density at radius 3 is 2.29 bits per heavy atom. The Balaban J connectivity index is 1.56. The fraction of sp³-hybridized carbons (Fsp3) is 0.357. The maximum Gasteiger partial charge on any atom is 0.253 e. The zero-order chi connectivity index (χ0) is 29.8. The number of hydrogen-bond acceptors (Lipinski definition) is 6. The number of ether oxygens (including phenoxy) is 1. The molecule has 8 nitrogen and oxygen atoms in total. The van der Waals surface area contributed by atoms with Crippen molar-refractivity contribution in [3.05, 3.63) is 61.5 Å². The second-order valence-corrected chi connectivity index (χ2v) is 13.9. The summed E-state index contributed by atoms with van der Waals surface area (Å²) >= 11 is 27.4. The maximum atomic E-state index is 14.0. The van der Waals surface area contributed by atoms with E-state index in [2.05, 4.69) is 31.9 Å². The molecule has 4 amide bonds. The number of allylic oxidation sites excluding steroid dienone is 2. The summed E-state index contributed by atoms with van der Waals surface area (Å²) in [5.41, 5.74) is 1.43. The second kappa shape index (κ2) is 9.71. The summed E-state index contributed by atoms with van der Waals surface area (Å²) in [6, 6.07) is 7.93. The van der Waals surface area contributed by atoms with E-state index in [1.165, 1.54) is 20.2 Å². The number of phenols is 1. The van der Waals surface area contributed by atoms with E-state index in [4.69, 9.17) is 39.5 Å². The van der Waals surface area contributed by atoms with Gasteiger partial charge in [0.15, 0.2) is 21.2 Å². The van der Waals surface area contributed by atoms with Crippen LogP contribution in [0.1, 0.15) is 24.3 Å². The van der Waals surface area contributed by atoms with Gasteiger partial charge < -0.3 is 9.84 Å². The van der Waals surface area contributed by atoms with Gasteiger partial charge in [-0.15, -0.1) is 23.2 Å². The van der Waals surface area contributed by atoms with Gasteiger partial charge in [0, 0.05) is 22.5 Å². The number of aromatic hydroxyl groups is 1. The third-order valence-electron chi connectivity index (χ3n) is 8.80. The standard InChI is InChI=1S/C28H21Br2Cl3N2O6/c1-34-25(39)27(32)10-16-13(7-8-14-18(16)24(38)35(23(14)37)12-5-3-11(31)4-6-12)19(28(27,33)26(34)40)15-9-17(41-2)22(36)21(30)20(15)29/h3-7,9,14,16,18-19,36H,8,10H2,1-2H3. The van der Waals surface area contributed by atoms with Crippen molar-refractivity contribution in [2.45, 2.75) is 28.5 Å². The molecule has 0 bridgehead atoms. The van der Waals surface area contributed by atoms with Crippen molar-refractivity contribution >= 4 is 96.0 Å². The van der Waals surface area contributed by atoms with Crippen LogP contribution in [0.25, 0.3) is 0 Å². The van der Waals surface area contributed by atoms with Gasteiger partial charge in [0.05, 0.1) is 29.1 Å². The highest BCUT2D eigenvalue weighted by Gasteiger charge is 2.76. The first-order chi connectivity index (χ1) is 19.3. The van der Waals surface area contributed by atoms with Crippen molar-refractivity contribution in [1.29, 1.82) is 0 Å². The van der Waals surface area contributed by atoms with E-state index < -0.39 is 51.1 Å². The number of alkyl halides is 2. The molecule has 3 fully saturated rings. The van der Waals surface area contributed by atoms with Crippen LogP contribution in [0.2, 0.25) is 5.02 Å². The lowest BCUT2D eigenvalue weighted by Crippen LogP contribution is -2.60. The number of halogens is 5. The van der Waals surface area contributed by atoms with E-state index >= 15 is 0 Å². The van der Waals surface area contributed by atoms with E-state index in [0.717, 1.165) is 9.80 Å². The number of rotatable bonds is 3. The molecule has 6 atom stereocenters. The van der Waals surface area contributed by atoms with Crippen LogP contribution >= 0.6 is 66.7 Å². The Morgan fingerprint density at radius 2 is 1.66 bits per heavy atom. The lowest BCUT2D eigenvalue weighted by Gasteiger charge is -2.51. The fourth-order valence-corrected chi connectivity index (χ4v) is 9.00. The average Bonchev–Trinajstić information content (AvgIpc) is 3.28. The lowest BCUT2D eigenvalue weighted by atomic mass is 9.56. The van der Waals surface area contributed by atoms with Crippen LogP contribution in [0.5, 0.6) is 11.5 Å². The maximum absolute atomic E-state index is 14.0. The van der Waals surface area contributed by atoms with Gasteiger partial charge in [0.25, 0.3) is 11.8 Å². The molecular formula is C28H21Br2Cl3N2O6. The Bertz CT molecular complexity index is 1600. The fourth-order valence-electron chi connectivity index (χ4n) is 6.91. The number of methoxy groups -OCH3 is 1. The number of nitrogens with zero attached hydrogens (tertiary/aromatic N) is 2. The van der Waals surface area contributed by atoms with Gasteiger partial charge >= 0.3 is 0 Å². The number of benzene rings is 2. The summed E-state index contributed by atoms with van der Waals surface area (Å²) in [4.78, 5) is 53.2. The van der Waals surface area contributed by atoms with Crippen LogP contribution in [0.3, 0.4) is 0 Å². The van der Waals surface area contributed by atoms with Crippen LogP contribution in [0, 0.1) is 17.8 Å². The Hall–Kier alpha value is -2.11. The Labute approximate surface area is 266 Å². The minimum absolute atomic E-state index is 0.0954. The van der Waals surface area contributed by atoms with Crippen molar-refractivity contribution in [2.24, 2.45) is 17.8 Å². The molecule has 0 radical (unpaired) electrons. The van der Waals surface area contributed by atoms with Crippen molar-refractivity contribution in [1.82, 2.24) is 4.90 Å². The molecule has 2 aliphatic carbocycles. The monoisotopic (exact) mass is 744 g/mol. The largest absolute Gasteiger partial charge is 0.503 e. The Morgan fingerprint density at radius 1 is 1.00 bits per heavy atom. The molecule has 0 aromatic heterocycles. The van der Waals surface area contributed by atoms with Gasteiger partial charge in [-0.1, -0.05) is 23.3 Å². The van der Waals surface area contributed by atoms with E-state index in [0.29, 0.717) is 26.3 Å². The molecule has 1 N–H and O–H groups in total. The summed E-state index contributed by atoms with van der Waals surface area (Å²) in [7, 11) is 2.70. The third kappa shape index (κ3) is 3.70. The average molecular weight is 748 g/mol. The number of likely N-dealkylation sites (tertiary alicyclic amines) is 1. The number of fused-ring (bicyclic) bond motifs is 4. The zero-order valence-corrected chi connectivity index (χ0v) is 26.9. The van der Waals surface area contributed by atoms with Crippen LogP contribution in [0.4, 0.5) is 5.69 Å². The van der Waals surface area contributed by atoms with Crippen molar-refractivity contribution in [2.75, 3.05) is 19.1 Å². The molecule has 4 aliphatic rings. The molecule has 2 heterocycles. The Kier molecular flexibility index (Phi) is 6.86. The van der Waals surface area contributed by atoms with E-state index in [-0.39, 0.29) is 34.7 Å². The predicted octanol–water partition coefficient (Wildman–Crippen LogP) is 5.77. The van der Waals surface area contributed by atoms with Crippen LogP contribution in [-0.4, -0.2) is 57.5 Å². The molecule has 2 saturated heterocycles. The number of anilines is 1. The molecule has 0 spiro atoms. The molecule has 214 valence electrons. The third-order valence-corrected chi connectivity index (χ3v) is 12.6. The molecule has 1 saturated carbocycles. The molecular weight excluding hydrogens is 726 g/mol. The summed E-state index contributed by atoms with van der Waals surface area (Å²) in [5.74, 6) is -5.48. The number of carbonyl (C=O) groups excluding carboxylic acids is 4.